The fraction of sp³-hybridized carbons (Fsp3) is 0.211. The molecule has 0 radical (unpaired) electrons. The molecule has 0 aliphatic carbocycles. The first kappa shape index (κ1) is 15.4. The highest BCUT2D eigenvalue weighted by Crippen LogP contribution is 2.31. The number of carbonyl (C=O) groups excluding carboxylic acids is 1. The zero-order chi connectivity index (χ0) is 17.2. The topological polar surface area (TPSA) is 71.8 Å². The third-order valence-corrected chi connectivity index (χ3v) is 4.32. The molecule has 6 heteroatoms. The maximum atomic E-state index is 12.3. The first-order chi connectivity index (χ1) is 12.2. The van der Waals surface area contributed by atoms with Crippen molar-refractivity contribution in [2.24, 2.45) is 0 Å². The largest absolute Gasteiger partial charge is 0.352 e. The van der Waals surface area contributed by atoms with E-state index in [9.17, 15) is 4.79 Å². The summed E-state index contributed by atoms with van der Waals surface area (Å²) in [6.07, 6.45) is 0.909. The van der Waals surface area contributed by atoms with Crippen molar-refractivity contribution in [2.45, 2.75) is 25.4 Å². The van der Waals surface area contributed by atoms with Crippen LogP contribution < -0.4 is 10.6 Å². The van der Waals surface area contributed by atoms with E-state index >= 15 is 0 Å². The van der Waals surface area contributed by atoms with Crippen molar-refractivity contribution in [1.82, 2.24) is 14.8 Å². The van der Waals surface area contributed by atoms with Crippen molar-refractivity contribution in [3.05, 3.63) is 71.8 Å². The van der Waals surface area contributed by atoms with Gasteiger partial charge in [0.2, 0.25) is 5.95 Å². The highest BCUT2D eigenvalue weighted by atomic mass is 16.1. The lowest BCUT2D eigenvalue weighted by atomic mass is 9.99. The van der Waals surface area contributed by atoms with Gasteiger partial charge in [-0.05, 0) is 31.0 Å². The number of carbonyl (C=O) groups is 1. The van der Waals surface area contributed by atoms with Gasteiger partial charge in [0.15, 0.2) is 0 Å². The number of fused-ring (bicyclic) bond motifs is 1. The van der Waals surface area contributed by atoms with E-state index in [1.807, 2.05) is 41.1 Å². The molecule has 1 aliphatic heterocycles. The molecule has 2 N–H and O–H groups in total. The standard InChI is InChI=1S/C19H19N5O/c1-13-12-16(14-8-4-2-5-9-14)24-19(20-13)22-18(23-24)21-17(25)15-10-6-3-7-11-15/h2-11,13,16H,12H2,1H3,(H2,20,21,22,23,25)/t13-,16-/m0/s1. The van der Waals surface area contributed by atoms with Crippen LogP contribution in [0.15, 0.2) is 60.7 Å². The lowest BCUT2D eigenvalue weighted by molar-refractivity contribution is 0.102. The van der Waals surface area contributed by atoms with Gasteiger partial charge in [-0.2, -0.15) is 4.98 Å². The molecule has 6 nitrogen and oxygen atoms in total. The zero-order valence-electron chi connectivity index (χ0n) is 13.9. The molecule has 0 bridgehead atoms. The van der Waals surface area contributed by atoms with Crippen LogP contribution in [0.5, 0.6) is 0 Å². The van der Waals surface area contributed by atoms with Crippen molar-refractivity contribution in [2.75, 3.05) is 10.6 Å². The molecular formula is C19H19N5O. The number of amides is 1. The molecule has 25 heavy (non-hydrogen) atoms. The Bertz CT molecular complexity index is 875. The number of aromatic nitrogens is 3. The van der Waals surface area contributed by atoms with Crippen molar-refractivity contribution in [3.8, 4) is 0 Å². The minimum Gasteiger partial charge on any atom is -0.352 e. The Morgan fingerprint density at radius 1 is 1.12 bits per heavy atom. The molecule has 126 valence electrons. The highest BCUT2D eigenvalue weighted by molar-refractivity contribution is 6.03. The van der Waals surface area contributed by atoms with Crippen LogP contribution in [-0.2, 0) is 0 Å². The molecule has 1 aliphatic rings. The molecule has 0 saturated heterocycles. The van der Waals surface area contributed by atoms with E-state index in [-0.39, 0.29) is 18.0 Å². The van der Waals surface area contributed by atoms with Crippen LogP contribution in [0.1, 0.15) is 35.3 Å². The van der Waals surface area contributed by atoms with Crippen molar-refractivity contribution < 1.29 is 4.79 Å². The van der Waals surface area contributed by atoms with Crippen molar-refractivity contribution in [3.63, 3.8) is 0 Å². The number of benzene rings is 2. The van der Waals surface area contributed by atoms with E-state index in [0.717, 1.165) is 6.42 Å². The lowest BCUT2D eigenvalue weighted by Crippen LogP contribution is -2.31. The molecule has 4 rings (SSSR count). The van der Waals surface area contributed by atoms with Crippen LogP contribution in [-0.4, -0.2) is 26.7 Å². The summed E-state index contributed by atoms with van der Waals surface area (Å²) in [6, 6.07) is 19.7. The van der Waals surface area contributed by atoms with Crippen LogP contribution in [0.25, 0.3) is 0 Å². The molecule has 1 amide bonds. The van der Waals surface area contributed by atoms with Gasteiger partial charge in [-0.1, -0.05) is 48.5 Å². The first-order valence-corrected chi connectivity index (χ1v) is 8.35. The average Bonchev–Trinajstić information content (AvgIpc) is 3.04. The van der Waals surface area contributed by atoms with Gasteiger partial charge in [0, 0.05) is 11.6 Å². The maximum absolute atomic E-state index is 12.3. The second kappa shape index (κ2) is 6.39. The van der Waals surface area contributed by atoms with E-state index in [1.54, 1.807) is 12.1 Å². The molecule has 2 heterocycles. The fourth-order valence-electron chi connectivity index (χ4n) is 3.12. The van der Waals surface area contributed by atoms with Crippen molar-refractivity contribution >= 4 is 17.8 Å². The summed E-state index contributed by atoms with van der Waals surface area (Å²) in [6.45, 7) is 2.12. The van der Waals surface area contributed by atoms with Crippen LogP contribution >= 0.6 is 0 Å². The van der Waals surface area contributed by atoms with Gasteiger partial charge in [-0.25, -0.2) is 4.68 Å². The van der Waals surface area contributed by atoms with Crippen LogP contribution in [0.4, 0.5) is 11.9 Å². The number of hydrogen-bond donors (Lipinski definition) is 2. The summed E-state index contributed by atoms with van der Waals surface area (Å²) in [5.41, 5.74) is 1.76. The smallest absolute Gasteiger partial charge is 0.258 e. The zero-order valence-corrected chi connectivity index (χ0v) is 13.9. The fourth-order valence-corrected chi connectivity index (χ4v) is 3.12. The molecule has 2 atom stereocenters. The summed E-state index contributed by atoms with van der Waals surface area (Å²) >= 11 is 0. The summed E-state index contributed by atoms with van der Waals surface area (Å²) in [5.74, 6) is 0.773. The molecule has 0 fully saturated rings. The van der Waals surface area contributed by atoms with Gasteiger partial charge >= 0.3 is 0 Å². The molecule has 1 aromatic heterocycles. The Kier molecular flexibility index (Phi) is 3.93. The highest BCUT2D eigenvalue weighted by Gasteiger charge is 2.28. The van der Waals surface area contributed by atoms with Gasteiger partial charge < -0.3 is 5.32 Å². The minimum absolute atomic E-state index is 0.0994. The van der Waals surface area contributed by atoms with Gasteiger partial charge in [0.1, 0.15) is 0 Å². The monoisotopic (exact) mass is 333 g/mol. The second-order valence-electron chi connectivity index (χ2n) is 6.23. The number of rotatable bonds is 3. The molecule has 0 saturated carbocycles. The summed E-state index contributed by atoms with van der Waals surface area (Å²) in [7, 11) is 0. The summed E-state index contributed by atoms with van der Waals surface area (Å²) < 4.78 is 1.86. The molecule has 2 aromatic carbocycles. The number of anilines is 2. The Hall–Kier alpha value is -3.15. The third-order valence-electron chi connectivity index (χ3n) is 4.32. The molecular weight excluding hydrogens is 314 g/mol. The SMILES string of the molecule is C[C@H]1C[C@@H](c2ccccc2)n2nc(NC(=O)c3ccccc3)nc2N1. The Morgan fingerprint density at radius 2 is 1.80 bits per heavy atom. The van der Waals surface area contributed by atoms with Crippen molar-refractivity contribution in [1.29, 1.82) is 0 Å². The van der Waals surface area contributed by atoms with Crippen LogP contribution in [0, 0.1) is 0 Å². The third kappa shape index (κ3) is 3.10. The van der Waals surface area contributed by atoms with Crippen LogP contribution in [0.3, 0.4) is 0 Å². The van der Waals surface area contributed by atoms with E-state index in [4.69, 9.17) is 0 Å². The average molecular weight is 333 g/mol. The Labute approximate surface area is 145 Å². The number of nitrogens with one attached hydrogen (secondary N) is 2. The predicted molar refractivity (Wildman–Crippen MR) is 96.7 cm³/mol. The Balaban J connectivity index is 1.62. The summed E-state index contributed by atoms with van der Waals surface area (Å²) in [4.78, 5) is 16.8. The van der Waals surface area contributed by atoms with E-state index in [1.165, 1.54) is 5.56 Å². The lowest BCUT2D eigenvalue weighted by Gasteiger charge is -2.29. The van der Waals surface area contributed by atoms with Crippen LogP contribution in [0.2, 0.25) is 0 Å². The van der Waals surface area contributed by atoms with E-state index < -0.39 is 0 Å². The predicted octanol–water partition coefficient (Wildman–Crippen LogP) is 3.32. The summed E-state index contributed by atoms with van der Waals surface area (Å²) in [5, 5.41) is 10.6. The van der Waals surface area contributed by atoms with E-state index in [0.29, 0.717) is 17.5 Å². The Morgan fingerprint density at radius 3 is 2.52 bits per heavy atom. The van der Waals surface area contributed by atoms with Gasteiger partial charge in [0.05, 0.1) is 6.04 Å². The second-order valence-corrected chi connectivity index (χ2v) is 6.23. The quantitative estimate of drug-likeness (QED) is 0.771. The first-order valence-electron chi connectivity index (χ1n) is 8.35. The number of hydrogen-bond acceptors (Lipinski definition) is 4. The minimum atomic E-state index is -0.215. The van der Waals surface area contributed by atoms with Gasteiger partial charge in [-0.15, -0.1) is 5.10 Å². The van der Waals surface area contributed by atoms with Gasteiger partial charge in [-0.3, -0.25) is 10.1 Å². The molecule has 0 unspecified atom stereocenters. The molecule has 3 aromatic rings. The molecule has 0 spiro atoms. The number of nitrogens with zero attached hydrogens (tertiary/aromatic N) is 3. The van der Waals surface area contributed by atoms with E-state index in [2.05, 4.69) is 39.8 Å². The normalized spacial score (nSPS) is 18.9. The maximum Gasteiger partial charge on any atom is 0.258 e. The van der Waals surface area contributed by atoms with Gasteiger partial charge in [0.25, 0.3) is 11.9 Å².